The first-order valence-electron chi connectivity index (χ1n) is 8.18. The van der Waals surface area contributed by atoms with E-state index in [1.54, 1.807) is 36.4 Å². The van der Waals surface area contributed by atoms with Crippen LogP contribution in [0.2, 0.25) is 0 Å². The summed E-state index contributed by atoms with van der Waals surface area (Å²) in [5.41, 5.74) is 1.66. The largest absolute Gasteiger partial charge is 0.482 e. The molecule has 1 amide bonds. The van der Waals surface area contributed by atoms with E-state index in [1.807, 2.05) is 0 Å². The molecule has 0 bridgehead atoms. The van der Waals surface area contributed by atoms with Crippen molar-refractivity contribution in [3.8, 4) is 11.5 Å². The summed E-state index contributed by atoms with van der Waals surface area (Å²) in [6.45, 7) is 0.0205. The van der Waals surface area contributed by atoms with Crippen molar-refractivity contribution in [2.75, 3.05) is 13.2 Å². The van der Waals surface area contributed by atoms with E-state index in [4.69, 9.17) is 14.6 Å². The van der Waals surface area contributed by atoms with Crippen molar-refractivity contribution in [3.63, 3.8) is 0 Å². The number of amides is 1. The molecule has 2 N–H and O–H groups in total. The van der Waals surface area contributed by atoms with E-state index in [-0.39, 0.29) is 18.3 Å². The fraction of sp³-hybridized carbons (Fsp3) is 0.263. The number of aliphatic carboxylic acids is 1. The number of carboxylic acid groups (broad SMARTS) is 1. The number of carbonyl (C=O) groups excluding carboxylic acids is 1. The Morgan fingerprint density at radius 2 is 2.00 bits per heavy atom. The van der Waals surface area contributed by atoms with Crippen molar-refractivity contribution in [2.24, 2.45) is 0 Å². The molecule has 1 aliphatic heterocycles. The Morgan fingerprint density at radius 1 is 1.23 bits per heavy atom. The Bertz CT molecular complexity index is 806. The van der Waals surface area contributed by atoms with Crippen LogP contribution in [-0.4, -0.2) is 36.2 Å². The molecule has 2 aromatic carbocycles. The van der Waals surface area contributed by atoms with Gasteiger partial charge in [0.2, 0.25) is 0 Å². The molecule has 0 saturated carbocycles. The van der Waals surface area contributed by atoms with Gasteiger partial charge in [0, 0.05) is 18.5 Å². The molecule has 1 heterocycles. The second-order valence-corrected chi connectivity index (χ2v) is 5.91. The fourth-order valence-electron chi connectivity index (χ4n) is 2.72. The van der Waals surface area contributed by atoms with Crippen LogP contribution in [0.15, 0.2) is 42.5 Å². The van der Waals surface area contributed by atoms with E-state index in [0.29, 0.717) is 30.7 Å². The van der Waals surface area contributed by atoms with Crippen LogP contribution in [-0.2, 0) is 22.4 Å². The lowest BCUT2D eigenvalue weighted by Crippen LogP contribution is -2.38. The van der Waals surface area contributed by atoms with E-state index >= 15 is 0 Å². The van der Waals surface area contributed by atoms with Crippen LogP contribution in [0.25, 0.3) is 0 Å². The molecule has 2 aromatic rings. The second kappa shape index (κ2) is 7.86. The van der Waals surface area contributed by atoms with Gasteiger partial charge >= 0.3 is 5.97 Å². The molecular formula is C19H18FNO5. The van der Waals surface area contributed by atoms with Gasteiger partial charge in [-0.25, -0.2) is 9.18 Å². The van der Waals surface area contributed by atoms with E-state index in [2.05, 4.69) is 5.32 Å². The maximum absolute atomic E-state index is 13.6. The van der Waals surface area contributed by atoms with Gasteiger partial charge in [-0.2, -0.15) is 0 Å². The number of hydrogen-bond donors (Lipinski definition) is 2. The molecule has 1 aliphatic rings. The number of nitrogens with one attached hydrogen (secondary N) is 1. The molecule has 26 heavy (non-hydrogen) atoms. The number of carboxylic acids is 1. The summed E-state index contributed by atoms with van der Waals surface area (Å²) in [4.78, 5) is 22.6. The molecule has 0 fully saturated rings. The van der Waals surface area contributed by atoms with Crippen molar-refractivity contribution in [1.82, 2.24) is 5.32 Å². The molecule has 0 aliphatic carbocycles. The van der Waals surface area contributed by atoms with E-state index < -0.39 is 17.9 Å². The maximum Gasteiger partial charge on any atom is 0.341 e. The van der Waals surface area contributed by atoms with Crippen LogP contribution < -0.4 is 14.8 Å². The molecule has 0 radical (unpaired) electrons. The fourth-order valence-corrected chi connectivity index (χ4v) is 2.72. The number of hydrogen-bond acceptors (Lipinski definition) is 4. The molecule has 0 spiro atoms. The zero-order valence-electron chi connectivity index (χ0n) is 13.9. The number of halogens is 1. The minimum Gasteiger partial charge on any atom is -0.482 e. The smallest absolute Gasteiger partial charge is 0.341 e. The van der Waals surface area contributed by atoms with E-state index in [9.17, 15) is 14.0 Å². The minimum atomic E-state index is -1.03. The van der Waals surface area contributed by atoms with Crippen molar-refractivity contribution in [1.29, 1.82) is 0 Å². The third-order valence-corrected chi connectivity index (χ3v) is 4.00. The third kappa shape index (κ3) is 4.30. The van der Waals surface area contributed by atoms with Gasteiger partial charge in [0.05, 0.1) is 0 Å². The molecule has 6 nitrogen and oxygen atoms in total. The quantitative estimate of drug-likeness (QED) is 0.789. The highest BCUT2D eigenvalue weighted by Crippen LogP contribution is 2.31. The first-order chi connectivity index (χ1) is 12.5. The average molecular weight is 359 g/mol. The van der Waals surface area contributed by atoms with Crippen LogP contribution in [0.1, 0.15) is 11.1 Å². The predicted molar refractivity (Wildman–Crippen MR) is 90.8 cm³/mol. The SMILES string of the molecule is O=C(O)COc1ccc(CCNC(=O)[C@H]2Cc3cccc(F)c3O2)cc1. The van der Waals surface area contributed by atoms with E-state index in [1.165, 1.54) is 6.07 Å². The van der Waals surface area contributed by atoms with Crippen LogP contribution >= 0.6 is 0 Å². The number of rotatable bonds is 7. The van der Waals surface area contributed by atoms with Crippen molar-refractivity contribution in [2.45, 2.75) is 18.9 Å². The topological polar surface area (TPSA) is 84.9 Å². The Kier molecular flexibility index (Phi) is 5.36. The molecule has 0 saturated heterocycles. The van der Waals surface area contributed by atoms with Crippen molar-refractivity contribution < 1.29 is 28.6 Å². The van der Waals surface area contributed by atoms with Crippen molar-refractivity contribution >= 4 is 11.9 Å². The monoisotopic (exact) mass is 359 g/mol. The highest BCUT2D eigenvalue weighted by atomic mass is 19.1. The van der Waals surface area contributed by atoms with Gasteiger partial charge in [-0.15, -0.1) is 0 Å². The van der Waals surface area contributed by atoms with Gasteiger partial charge < -0.3 is 19.9 Å². The van der Waals surface area contributed by atoms with Crippen LogP contribution in [0, 0.1) is 5.82 Å². The summed E-state index contributed by atoms with van der Waals surface area (Å²) < 4.78 is 24.1. The van der Waals surface area contributed by atoms with Crippen LogP contribution in [0.3, 0.4) is 0 Å². The Morgan fingerprint density at radius 3 is 2.69 bits per heavy atom. The highest BCUT2D eigenvalue weighted by molar-refractivity contribution is 5.82. The average Bonchev–Trinajstić information content (AvgIpc) is 3.07. The predicted octanol–water partition coefficient (Wildman–Crippen LogP) is 1.95. The number of fused-ring (bicyclic) bond motifs is 1. The summed E-state index contributed by atoms with van der Waals surface area (Å²) in [6.07, 6.45) is 0.238. The highest BCUT2D eigenvalue weighted by Gasteiger charge is 2.30. The molecule has 0 unspecified atom stereocenters. The first kappa shape index (κ1) is 17.7. The maximum atomic E-state index is 13.6. The van der Waals surface area contributed by atoms with Crippen molar-refractivity contribution in [3.05, 3.63) is 59.4 Å². The zero-order chi connectivity index (χ0) is 18.5. The third-order valence-electron chi connectivity index (χ3n) is 4.00. The van der Waals surface area contributed by atoms with Gasteiger partial charge in [0.1, 0.15) is 5.75 Å². The molecule has 7 heteroatoms. The lowest BCUT2D eigenvalue weighted by atomic mass is 10.1. The summed E-state index contributed by atoms with van der Waals surface area (Å²) >= 11 is 0. The number of benzene rings is 2. The van der Waals surface area contributed by atoms with Gasteiger partial charge in [-0.1, -0.05) is 24.3 Å². The lowest BCUT2D eigenvalue weighted by Gasteiger charge is -2.11. The summed E-state index contributed by atoms with van der Waals surface area (Å²) in [7, 11) is 0. The van der Waals surface area contributed by atoms with Crippen LogP contribution in [0.4, 0.5) is 4.39 Å². The number of carbonyl (C=O) groups is 2. The van der Waals surface area contributed by atoms with E-state index in [0.717, 1.165) is 5.56 Å². The molecule has 3 rings (SSSR count). The Hall–Kier alpha value is -3.09. The Balaban J connectivity index is 1.44. The lowest BCUT2D eigenvalue weighted by molar-refractivity contribution is -0.139. The number of ether oxygens (including phenoxy) is 2. The summed E-state index contributed by atoms with van der Waals surface area (Å²) in [5.74, 6) is -1.14. The van der Waals surface area contributed by atoms with Gasteiger partial charge in [-0.05, 0) is 30.2 Å². The normalized spacial score (nSPS) is 15.0. The van der Waals surface area contributed by atoms with Crippen LogP contribution in [0.5, 0.6) is 11.5 Å². The summed E-state index contributed by atoms with van der Waals surface area (Å²) in [6, 6.07) is 11.6. The molecule has 0 aromatic heterocycles. The molecule has 136 valence electrons. The van der Waals surface area contributed by atoms with Gasteiger partial charge in [0.15, 0.2) is 24.3 Å². The summed E-state index contributed by atoms with van der Waals surface area (Å²) in [5, 5.41) is 11.4. The molecule has 1 atom stereocenters. The number of para-hydroxylation sites is 1. The first-order valence-corrected chi connectivity index (χ1v) is 8.18. The minimum absolute atomic E-state index is 0.157. The van der Waals surface area contributed by atoms with Gasteiger partial charge in [0.25, 0.3) is 5.91 Å². The zero-order valence-corrected chi connectivity index (χ0v) is 13.9. The standard InChI is InChI=1S/C19H18FNO5/c20-15-3-1-2-13-10-16(26-18(13)15)19(24)21-9-8-12-4-6-14(7-5-12)25-11-17(22)23/h1-7,16H,8-11H2,(H,21,24)(H,22,23)/t16-/m1/s1. The Labute approximate surface area is 149 Å². The molecular weight excluding hydrogens is 341 g/mol. The van der Waals surface area contributed by atoms with Gasteiger partial charge in [-0.3, -0.25) is 4.79 Å². The second-order valence-electron chi connectivity index (χ2n) is 5.91.